The van der Waals surface area contributed by atoms with Crippen molar-refractivity contribution in [2.75, 3.05) is 23.3 Å². The van der Waals surface area contributed by atoms with Crippen molar-refractivity contribution < 1.29 is 0 Å². The van der Waals surface area contributed by atoms with Crippen LogP contribution in [-0.4, -0.2) is 34.3 Å². The molecule has 1 aliphatic rings. The van der Waals surface area contributed by atoms with E-state index in [-0.39, 0.29) is 0 Å². The number of anilines is 2. The van der Waals surface area contributed by atoms with Gasteiger partial charge in [-0.3, -0.25) is 0 Å². The van der Waals surface area contributed by atoms with Gasteiger partial charge in [-0.1, -0.05) is 6.92 Å². The first-order valence-electron chi connectivity index (χ1n) is 6.36. The Morgan fingerprint density at radius 1 is 1.35 bits per heavy atom. The second kappa shape index (κ2) is 5.29. The molecule has 0 radical (unpaired) electrons. The molecule has 1 fully saturated rings. The number of hydrogen-bond acceptors (Lipinski definition) is 5. The van der Waals surface area contributed by atoms with E-state index in [0.29, 0.717) is 12.0 Å². The summed E-state index contributed by atoms with van der Waals surface area (Å²) in [5.41, 5.74) is 0. The van der Waals surface area contributed by atoms with Crippen LogP contribution in [0.25, 0.3) is 0 Å². The van der Waals surface area contributed by atoms with Gasteiger partial charge < -0.3 is 10.2 Å². The van der Waals surface area contributed by atoms with Crippen LogP contribution in [0, 0.1) is 5.92 Å². The van der Waals surface area contributed by atoms with Gasteiger partial charge in [0.15, 0.2) is 5.82 Å². The Hall–Kier alpha value is -1.39. The van der Waals surface area contributed by atoms with Crippen molar-refractivity contribution in [2.45, 2.75) is 39.7 Å². The summed E-state index contributed by atoms with van der Waals surface area (Å²) in [5.74, 6) is 2.39. The second-order valence-corrected chi connectivity index (χ2v) is 5.11. The Balaban J connectivity index is 2.05. The standard InChI is InChI=1S/C12H21N5/c1-9(2)14-12-15-11(8-13-16-12)17-6-4-10(3)5-7-17/h8-10H,4-7H2,1-3H3,(H,14,15,16). The number of piperidine rings is 1. The summed E-state index contributed by atoms with van der Waals surface area (Å²) >= 11 is 0. The number of rotatable bonds is 3. The summed E-state index contributed by atoms with van der Waals surface area (Å²) in [6, 6.07) is 0.327. The SMILES string of the molecule is CC1CCN(c2cnnc(NC(C)C)n2)CC1. The van der Waals surface area contributed by atoms with Gasteiger partial charge in [0, 0.05) is 19.1 Å². The maximum absolute atomic E-state index is 4.50. The van der Waals surface area contributed by atoms with E-state index in [1.165, 1.54) is 12.8 Å². The fourth-order valence-corrected chi connectivity index (χ4v) is 2.00. The molecule has 5 heteroatoms. The van der Waals surface area contributed by atoms with E-state index in [9.17, 15) is 0 Å². The van der Waals surface area contributed by atoms with Crippen LogP contribution in [-0.2, 0) is 0 Å². The van der Waals surface area contributed by atoms with E-state index in [1.54, 1.807) is 6.20 Å². The molecule has 0 amide bonds. The molecule has 5 nitrogen and oxygen atoms in total. The Morgan fingerprint density at radius 3 is 2.71 bits per heavy atom. The minimum absolute atomic E-state index is 0.327. The molecule has 0 saturated carbocycles. The van der Waals surface area contributed by atoms with Crippen LogP contribution in [0.4, 0.5) is 11.8 Å². The molecule has 17 heavy (non-hydrogen) atoms. The summed E-state index contributed by atoms with van der Waals surface area (Å²) in [7, 11) is 0. The highest BCUT2D eigenvalue weighted by Gasteiger charge is 2.17. The first kappa shape index (κ1) is 12.1. The maximum atomic E-state index is 4.50. The van der Waals surface area contributed by atoms with E-state index < -0.39 is 0 Å². The third-order valence-corrected chi connectivity index (χ3v) is 3.07. The van der Waals surface area contributed by atoms with Gasteiger partial charge in [0.2, 0.25) is 5.95 Å². The molecule has 1 saturated heterocycles. The zero-order valence-electron chi connectivity index (χ0n) is 10.8. The number of hydrogen-bond donors (Lipinski definition) is 1. The minimum Gasteiger partial charge on any atom is -0.355 e. The molecule has 1 aromatic heterocycles. The molecule has 0 bridgehead atoms. The van der Waals surface area contributed by atoms with Gasteiger partial charge in [0.1, 0.15) is 0 Å². The predicted octanol–water partition coefficient (Wildman–Crippen LogP) is 1.93. The van der Waals surface area contributed by atoms with Crippen LogP contribution < -0.4 is 10.2 Å². The molecule has 94 valence electrons. The number of aromatic nitrogens is 3. The molecule has 1 aliphatic heterocycles. The van der Waals surface area contributed by atoms with Crippen molar-refractivity contribution in [3.05, 3.63) is 6.20 Å². The molecule has 2 rings (SSSR count). The van der Waals surface area contributed by atoms with E-state index >= 15 is 0 Å². The third-order valence-electron chi connectivity index (χ3n) is 3.07. The average molecular weight is 235 g/mol. The fraction of sp³-hybridized carbons (Fsp3) is 0.750. The summed E-state index contributed by atoms with van der Waals surface area (Å²) in [5, 5.41) is 11.2. The zero-order chi connectivity index (χ0) is 12.3. The number of nitrogens with one attached hydrogen (secondary N) is 1. The Morgan fingerprint density at radius 2 is 2.06 bits per heavy atom. The van der Waals surface area contributed by atoms with E-state index in [2.05, 4.69) is 46.2 Å². The molecule has 0 aliphatic carbocycles. The van der Waals surface area contributed by atoms with Crippen LogP contribution in [0.3, 0.4) is 0 Å². The normalized spacial score (nSPS) is 17.5. The molecule has 0 spiro atoms. The van der Waals surface area contributed by atoms with Crippen molar-refractivity contribution in [1.29, 1.82) is 0 Å². The van der Waals surface area contributed by atoms with Gasteiger partial charge in [-0.15, -0.1) is 5.10 Å². The largest absolute Gasteiger partial charge is 0.355 e. The van der Waals surface area contributed by atoms with Gasteiger partial charge in [-0.25, -0.2) is 0 Å². The van der Waals surface area contributed by atoms with Gasteiger partial charge >= 0.3 is 0 Å². The highest BCUT2D eigenvalue weighted by Crippen LogP contribution is 2.21. The molecule has 0 atom stereocenters. The zero-order valence-corrected chi connectivity index (χ0v) is 10.8. The summed E-state index contributed by atoms with van der Waals surface area (Å²) in [6.45, 7) is 8.58. The lowest BCUT2D eigenvalue weighted by molar-refractivity contribution is 0.436. The van der Waals surface area contributed by atoms with Gasteiger partial charge in [0.25, 0.3) is 0 Å². The topological polar surface area (TPSA) is 53.9 Å². The lowest BCUT2D eigenvalue weighted by atomic mass is 9.99. The smallest absolute Gasteiger partial charge is 0.244 e. The number of nitrogens with zero attached hydrogens (tertiary/aromatic N) is 4. The monoisotopic (exact) mass is 235 g/mol. The summed E-state index contributed by atoms with van der Waals surface area (Å²) in [6.07, 6.45) is 4.22. The van der Waals surface area contributed by atoms with Crippen LogP contribution in [0.5, 0.6) is 0 Å². The van der Waals surface area contributed by atoms with Gasteiger partial charge in [-0.05, 0) is 32.6 Å². The highest BCUT2D eigenvalue weighted by atomic mass is 15.3. The van der Waals surface area contributed by atoms with E-state index in [4.69, 9.17) is 0 Å². The quantitative estimate of drug-likeness (QED) is 0.867. The van der Waals surface area contributed by atoms with Crippen LogP contribution in [0.2, 0.25) is 0 Å². The third kappa shape index (κ3) is 3.28. The lowest BCUT2D eigenvalue weighted by Crippen LogP contribution is -2.33. The van der Waals surface area contributed by atoms with Crippen molar-refractivity contribution in [3.8, 4) is 0 Å². The van der Waals surface area contributed by atoms with E-state index in [1.807, 2.05) is 0 Å². The first-order valence-corrected chi connectivity index (χ1v) is 6.36. The highest BCUT2D eigenvalue weighted by molar-refractivity contribution is 5.40. The molecule has 1 N–H and O–H groups in total. The van der Waals surface area contributed by atoms with Gasteiger partial charge in [0.05, 0.1) is 6.20 Å². The average Bonchev–Trinajstić information content (AvgIpc) is 2.29. The van der Waals surface area contributed by atoms with Crippen molar-refractivity contribution in [1.82, 2.24) is 15.2 Å². The predicted molar refractivity (Wildman–Crippen MR) is 69.2 cm³/mol. The fourth-order valence-electron chi connectivity index (χ4n) is 2.00. The second-order valence-electron chi connectivity index (χ2n) is 5.11. The first-order chi connectivity index (χ1) is 8.15. The van der Waals surface area contributed by atoms with E-state index in [0.717, 1.165) is 24.8 Å². The van der Waals surface area contributed by atoms with Gasteiger partial charge in [-0.2, -0.15) is 10.1 Å². The van der Waals surface area contributed by atoms with Crippen LogP contribution in [0.15, 0.2) is 6.20 Å². The van der Waals surface area contributed by atoms with Crippen molar-refractivity contribution in [2.24, 2.45) is 5.92 Å². The van der Waals surface area contributed by atoms with Crippen LogP contribution in [0.1, 0.15) is 33.6 Å². The molecule has 0 unspecified atom stereocenters. The van der Waals surface area contributed by atoms with Crippen LogP contribution >= 0.6 is 0 Å². The summed E-state index contributed by atoms with van der Waals surface area (Å²) < 4.78 is 0. The molecular weight excluding hydrogens is 214 g/mol. The summed E-state index contributed by atoms with van der Waals surface area (Å²) in [4.78, 5) is 6.79. The molecule has 2 heterocycles. The Kier molecular flexibility index (Phi) is 3.76. The molecular formula is C12H21N5. The Labute approximate surface area is 103 Å². The Bertz CT molecular complexity index is 358. The molecule has 1 aromatic rings. The lowest BCUT2D eigenvalue weighted by Gasteiger charge is -2.30. The van der Waals surface area contributed by atoms with Crippen molar-refractivity contribution in [3.63, 3.8) is 0 Å². The maximum Gasteiger partial charge on any atom is 0.244 e. The van der Waals surface area contributed by atoms with Crippen molar-refractivity contribution >= 4 is 11.8 Å². The molecule has 0 aromatic carbocycles. The minimum atomic E-state index is 0.327.